The average molecular weight is 154 g/mol. The monoisotopic (exact) mass is 154 g/mol. The fraction of sp³-hybridized carbons (Fsp3) is 0.571. The van der Waals surface area contributed by atoms with Crippen LogP contribution in [0.15, 0.2) is 4.99 Å². The lowest BCUT2D eigenvalue weighted by atomic mass is 10.8. The molecule has 0 radical (unpaired) electrons. The van der Waals surface area contributed by atoms with E-state index in [1.165, 1.54) is 24.6 Å². The van der Waals surface area contributed by atoms with Crippen molar-refractivity contribution in [2.24, 2.45) is 10.7 Å². The Kier molecular flexibility index (Phi) is 2.64. The lowest BCUT2D eigenvalue weighted by Gasteiger charge is -1.93. The van der Waals surface area contributed by atoms with Crippen molar-refractivity contribution in [2.75, 3.05) is 5.75 Å². The number of nitrogens with zero attached hydrogens (tertiary/aromatic N) is 1. The van der Waals surface area contributed by atoms with E-state index in [0.29, 0.717) is 17.0 Å². The Labute approximate surface area is 65.3 Å². The summed E-state index contributed by atoms with van der Waals surface area (Å²) in [6.07, 6.45) is 7.43. The Morgan fingerprint density at radius 1 is 1.80 bits per heavy atom. The molecule has 1 saturated carbocycles. The van der Waals surface area contributed by atoms with Crippen molar-refractivity contribution in [2.45, 2.75) is 18.9 Å². The van der Waals surface area contributed by atoms with Crippen LogP contribution in [0.25, 0.3) is 0 Å². The Hall–Kier alpha value is -0.620. The smallest absolute Gasteiger partial charge is 0.155 e. The number of amidine groups is 1. The van der Waals surface area contributed by atoms with E-state index in [2.05, 4.69) is 10.9 Å². The first kappa shape index (κ1) is 7.49. The molecule has 0 aromatic carbocycles. The second kappa shape index (κ2) is 3.52. The van der Waals surface area contributed by atoms with Crippen molar-refractivity contribution >= 4 is 16.9 Å². The topological polar surface area (TPSA) is 38.4 Å². The molecule has 54 valence electrons. The highest BCUT2D eigenvalue weighted by Crippen LogP contribution is 2.24. The molecule has 0 heterocycles. The van der Waals surface area contributed by atoms with Gasteiger partial charge in [-0.05, 0) is 12.8 Å². The highest BCUT2D eigenvalue weighted by molar-refractivity contribution is 8.13. The third-order valence-corrected chi connectivity index (χ3v) is 1.87. The first-order valence-electron chi connectivity index (χ1n) is 3.22. The van der Waals surface area contributed by atoms with Crippen molar-refractivity contribution in [3.63, 3.8) is 0 Å². The summed E-state index contributed by atoms with van der Waals surface area (Å²) in [5.41, 5.74) is 5.52. The van der Waals surface area contributed by atoms with Gasteiger partial charge in [0, 0.05) is 0 Å². The van der Waals surface area contributed by atoms with E-state index in [4.69, 9.17) is 12.2 Å². The van der Waals surface area contributed by atoms with E-state index in [9.17, 15) is 0 Å². The maximum absolute atomic E-state index is 5.52. The maximum atomic E-state index is 5.52. The summed E-state index contributed by atoms with van der Waals surface area (Å²) in [5.74, 6) is 3.12. The fourth-order valence-corrected chi connectivity index (χ4v) is 0.991. The molecule has 1 fully saturated rings. The van der Waals surface area contributed by atoms with Crippen molar-refractivity contribution in [1.29, 1.82) is 0 Å². The van der Waals surface area contributed by atoms with Gasteiger partial charge in [-0.2, -0.15) is 0 Å². The zero-order valence-corrected chi connectivity index (χ0v) is 6.53. The van der Waals surface area contributed by atoms with Gasteiger partial charge in [0.25, 0.3) is 0 Å². The van der Waals surface area contributed by atoms with Crippen LogP contribution >= 0.6 is 11.8 Å². The van der Waals surface area contributed by atoms with Gasteiger partial charge < -0.3 is 5.73 Å². The molecular formula is C7H10N2S. The largest absolute Gasteiger partial charge is 0.379 e. The minimum Gasteiger partial charge on any atom is -0.379 e. The summed E-state index contributed by atoms with van der Waals surface area (Å²) < 4.78 is 0. The summed E-state index contributed by atoms with van der Waals surface area (Å²) >= 11 is 1.44. The van der Waals surface area contributed by atoms with Crippen LogP contribution in [-0.2, 0) is 0 Å². The van der Waals surface area contributed by atoms with E-state index >= 15 is 0 Å². The van der Waals surface area contributed by atoms with Gasteiger partial charge in [-0.3, -0.25) is 4.99 Å². The molecule has 0 aliphatic heterocycles. The van der Waals surface area contributed by atoms with Gasteiger partial charge in [0.05, 0.1) is 11.8 Å². The van der Waals surface area contributed by atoms with Crippen LogP contribution in [-0.4, -0.2) is 17.0 Å². The standard InChI is InChI=1S/C7H10N2S/c1-2-5-10-7(8)9-6-3-4-6/h1,6H,3-5H2,(H2,8,9). The summed E-state index contributed by atoms with van der Waals surface area (Å²) in [6, 6.07) is 0.505. The second-order valence-corrected chi connectivity index (χ2v) is 3.19. The molecule has 2 N–H and O–H groups in total. The molecule has 0 saturated heterocycles. The number of hydrogen-bond acceptors (Lipinski definition) is 2. The summed E-state index contributed by atoms with van der Waals surface area (Å²) in [6.45, 7) is 0. The van der Waals surface area contributed by atoms with Gasteiger partial charge in [-0.25, -0.2) is 0 Å². The van der Waals surface area contributed by atoms with Crippen molar-refractivity contribution in [1.82, 2.24) is 0 Å². The molecule has 0 amide bonds. The lowest BCUT2D eigenvalue weighted by Crippen LogP contribution is -2.07. The molecule has 0 bridgehead atoms. The van der Waals surface area contributed by atoms with Crippen LogP contribution in [0.2, 0.25) is 0 Å². The predicted molar refractivity (Wildman–Crippen MR) is 45.9 cm³/mol. The molecule has 0 unspecified atom stereocenters. The first-order valence-corrected chi connectivity index (χ1v) is 4.21. The van der Waals surface area contributed by atoms with Crippen LogP contribution in [0.3, 0.4) is 0 Å². The van der Waals surface area contributed by atoms with Gasteiger partial charge in [0.2, 0.25) is 0 Å². The maximum Gasteiger partial charge on any atom is 0.155 e. The molecule has 0 spiro atoms. The molecule has 0 aromatic rings. The third-order valence-electron chi connectivity index (χ3n) is 1.16. The SMILES string of the molecule is C#CCSC(N)=NC1CC1. The van der Waals surface area contributed by atoms with Crippen LogP contribution in [0.4, 0.5) is 0 Å². The molecule has 1 aliphatic carbocycles. The van der Waals surface area contributed by atoms with Gasteiger partial charge in [-0.1, -0.05) is 17.7 Å². The van der Waals surface area contributed by atoms with E-state index in [-0.39, 0.29) is 0 Å². The van der Waals surface area contributed by atoms with E-state index < -0.39 is 0 Å². The number of aliphatic imine (C=N–C) groups is 1. The number of nitrogens with two attached hydrogens (primary N) is 1. The second-order valence-electron chi connectivity index (χ2n) is 2.19. The van der Waals surface area contributed by atoms with E-state index in [0.717, 1.165) is 0 Å². The van der Waals surface area contributed by atoms with Gasteiger partial charge in [0.15, 0.2) is 5.17 Å². The van der Waals surface area contributed by atoms with Crippen molar-refractivity contribution in [3.05, 3.63) is 0 Å². The molecule has 2 nitrogen and oxygen atoms in total. The highest BCUT2D eigenvalue weighted by atomic mass is 32.2. The van der Waals surface area contributed by atoms with E-state index in [1.807, 2.05) is 0 Å². The van der Waals surface area contributed by atoms with Gasteiger partial charge >= 0.3 is 0 Å². The Bertz CT molecular complexity index is 177. The van der Waals surface area contributed by atoms with Crippen LogP contribution < -0.4 is 5.73 Å². The normalized spacial score (nSPS) is 18.5. The van der Waals surface area contributed by atoms with Crippen molar-refractivity contribution < 1.29 is 0 Å². The highest BCUT2D eigenvalue weighted by Gasteiger charge is 2.20. The molecule has 0 atom stereocenters. The zero-order valence-electron chi connectivity index (χ0n) is 5.71. The Balaban J connectivity index is 2.19. The molecule has 3 heteroatoms. The van der Waals surface area contributed by atoms with Crippen molar-refractivity contribution in [3.8, 4) is 12.3 Å². The van der Waals surface area contributed by atoms with Crippen LogP contribution in [0.1, 0.15) is 12.8 Å². The average Bonchev–Trinajstić information content (AvgIpc) is 2.67. The van der Waals surface area contributed by atoms with Crippen LogP contribution in [0, 0.1) is 12.3 Å². The molecule has 1 rings (SSSR count). The minimum absolute atomic E-state index is 0.505. The van der Waals surface area contributed by atoms with Crippen LogP contribution in [0.5, 0.6) is 0 Å². The quantitative estimate of drug-likeness (QED) is 0.363. The Morgan fingerprint density at radius 3 is 3.00 bits per heavy atom. The molecular weight excluding hydrogens is 144 g/mol. The summed E-state index contributed by atoms with van der Waals surface area (Å²) in [7, 11) is 0. The number of terminal acetylenes is 1. The molecule has 1 aliphatic rings. The lowest BCUT2D eigenvalue weighted by molar-refractivity contribution is 1.07. The first-order chi connectivity index (χ1) is 4.83. The number of thioether (sulfide) groups is 1. The zero-order chi connectivity index (χ0) is 7.40. The minimum atomic E-state index is 0.505. The molecule has 10 heavy (non-hydrogen) atoms. The molecule has 0 aromatic heterocycles. The fourth-order valence-electron chi connectivity index (χ4n) is 0.536. The predicted octanol–water partition coefficient (Wildman–Crippen LogP) is 0.830. The van der Waals surface area contributed by atoms with Gasteiger partial charge in [0.1, 0.15) is 0 Å². The summed E-state index contributed by atoms with van der Waals surface area (Å²) in [5, 5.41) is 0.639. The summed E-state index contributed by atoms with van der Waals surface area (Å²) in [4.78, 5) is 4.19. The third kappa shape index (κ3) is 2.79. The Morgan fingerprint density at radius 2 is 2.50 bits per heavy atom. The van der Waals surface area contributed by atoms with E-state index in [1.54, 1.807) is 0 Å². The number of rotatable bonds is 2. The number of hydrogen-bond donors (Lipinski definition) is 1. The van der Waals surface area contributed by atoms with Gasteiger partial charge in [-0.15, -0.1) is 6.42 Å².